The highest BCUT2D eigenvalue weighted by Gasteiger charge is 2.21. The molecular weight excluding hydrogens is 376 g/mol. The predicted molar refractivity (Wildman–Crippen MR) is 104 cm³/mol. The first-order valence-electron chi connectivity index (χ1n) is 9.26. The van der Waals surface area contributed by atoms with E-state index in [0.29, 0.717) is 46.3 Å². The molecule has 0 atom stereocenters. The van der Waals surface area contributed by atoms with Crippen molar-refractivity contribution in [2.75, 3.05) is 0 Å². The summed E-state index contributed by atoms with van der Waals surface area (Å²) in [6.07, 6.45) is 3.23. The third-order valence-electron chi connectivity index (χ3n) is 4.77. The van der Waals surface area contributed by atoms with Gasteiger partial charge in [-0.25, -0.2) is 13.5 Å². The second kappa shape index (κ2) is 6.51. The molecule has 29 heavy (non-hydrogen) atoms. The van der Waals surface area contributed by atoms with Gasteiger partial charge in [-0.05, 0) is 42.3 Å². The first-order valence-corrected chi connectivity index (χ1v) is 9.26. The molecule has 8 heteroatoms. The van der Waals surface area contributed by atoms with Crippen LogP contribution in [0.2, 0.25) is 0 Å². The zero-order chi connectivity index (χ0) is 20.1. The van der Waals surface area contributed by atoms with Crippen molar-refractivity contribution in [3.8, 4) is 22.5 Å². The van der Waals surface area contributed by atoms with Crippen molar-refractivity contribution in [2.24, 2.45) is 5.92 Å². The number of benzene rings is 2. The fourth-order valence-corrected chi connectivity index (χ4v) is 3.52. The Morgan fingerprint density at radius 3 is 2.62 bits per heavy atom. The maximum absolute atomic E-state index is 14.9. The van der Waals surface area contributed by atoms with E-state index in [1.807, 2.05) is 6.07 Å². The summed E-state index contributed by atoms with van der Waals surface area (Å²) in [4.78, 5) is 4.53. The SMILES string of the molecule is CC(C)Cn1nnc2c(F)cc(-c3c(-c4ccc(F)cc4)nc4occn34)cc21. The lowest BCUT2D eigenvalue weighted by molar-refractivity contribution is 0.483. The molecule has 0 aliphatic rings. The Morgan fingerprint density at radius 2 is 1.86 bits per heavy atom. The van der Waals surface area contributed by atoms with E-state index in [1.165, 1.54) is 24.5 Å². The summed E-state index contributed by atoms with van der Waals surface area (Å²) in [6.45, 7) is 4.75. The van der Waals surface area contributed by atoms with Crippen molar-refractivity contribution >= 4 is 16.9 Å². The molecule has 2 aromatic carbocycles. The first kappa shape index (κ1) is 17.5. The first-order chi connectivity index (χ1) is 14.0. The molecule has 0 aliphatic carbocycles. The molecule has 3 aromatic heterocycles. The van der Waals surface area contributed by atoms with E-state index in [9.17, 15) is 8.78 Å². The zero-order valence-electron chi connectivity index (χ0n) is 15.8. The monoisotopic (exact) mass is 393 g/mol. The highest BCUT2D eigenvalue weighted by molar-refractivity contribution is 5.87. The highest BCUT2D eigenvalue weighted by Crippen LogP contribution is 2.35. The van der Waals surface area contributed by atoms with Crippen molar-refractivity contribution in [3.05, 3.63) is 60.5 Å². The molecule has 0 radical (unpaired) electrons. The molecule has 0 aliphatic heterocycles. The lowest BCUT2D eigenvalue weighted by atomic mass is 10.0. The second-order valence-electron chi connectivity index (χ2n) is 7.36. The predicted octanol–water partition coefficient (Wildman–Crippen LogP) is 4.94. The molecule has 0 spiro atoms. The average Bonchev–Trinajstić information content (AvgIpc) is 3.37. The Balaban J connectivity index is 1.77. The number of nitrogens with zero attached hydrogens (tertiary/aromatic N) is 5. The summed E-state index contributed by atoms with van der Waals surface area (Å²) >= 11 is 0. The van der Waals surface area contributed by atoms with Gasteiger partial charge in [0.1, 0.15) is 23.3 Å². The van der Waals surface area contributed by atoms with Crippen LogP contribution < -0.4 is 0 Å². The smallest absolute Gasteiger partial charge is 0.306 e. The third kappa shape index (κ3) is 2.88. The van der Waals surface area contributed by atoms with Crippen LogP contribution in [-0.2, 0) is 6.54 Å². The van der Waals surface area contributed by atoms with Gasteiger partial charge in [-0.1, -0.05) is 19.1 Å². The van der Waals surface area contributed by atoms with Crippen molar-refractivity contribution in [3.63, 3.8) is 0 Å². The molecule has 6 nitrogen and oxygen atoms in total. The maximum Gasteiger partial charge on any atom is 0.306 e. The molecule has 3 heterocycles. The molecule has 0 N–H and O–H groups in total. The van der Waals surface area contributed by atoms with Crippen LogP contribution in [0.25, 0.3) is 39.4 Å². The number of imidazole rings is 1. The standard InChI is InChI=1S/C21H17F2N5O/c1-12(2)11-28-17-10-14(9-16(23)19(17)25-26-28)20-18(13-3-5-15(22)6-4-13)24-21-27(20)7-8-29-21/h3-10,12H,11H2,1-2H3. The molecule has 0 fully saturated rings. The quantitative estimate of drug-likeness (QED) is 0.434. The van der Waals surface area contributed by atoms with E-state index in [0.717, 1.165) is 0 Å². The van der Waals surface area contributed by atoms with Crippen LogP contribution in [-0.4, -0.2) is 24.4 Å². The summed E-state index contributed by atoms with van der Waals surface area (Å²) in [5.41, 5.74) is 3.37. The number of hydrogen-bond donors (Lipinski definition) is 0. The van der Waals surface area contributed by atoms with Crippen LogP contribution >= 0.6 is 0 Å². The number of oxazole rings is 1. The lowest BCUT2D eigenvalue weighted by Gasteiger charge is -2.08. The molecule has 0 unspecified atom stereocenters. The van der Waals surface area contributed by atoms with Crippen LogP contribution in [0.4, 0.5) is 8.78 Å². The second-order valence-corrected chi connectivity index (χ2v) is 7.36. The molecule has 5 aromatic rings. The van der Waals surface area contributed by atoms with Crippen molar-refractivity contribution in [1.82, 2.24) is 24.4 Å². The van der Waals surface area contributed by atoms with E-state index in [-0.39, 0.29) is 11.3 Å². The summed E-state index contributed by atoms with van der Waals surface area (Å²) in [5, 5.41) is 8.10. The topological polar surface area (TPSA) is 61.2 Å². The van der Waals surface area contributed by atoms with Gasteiger partial charge in [0.15, 0.2) is 5.82 Å². The summed E-state index contributed by atoms with van der Waals surface area (Å²) < 4.78 is 37.2. The zero-order valence-corrected chi connectivity index (χ0v) is 15.8. The van der Waals surface area contributed by atoms with Gasteiger partial charge < -0.3 is 4.42 Å². The number of fused-ring (bicyclic) bond motifs is 2. The molecule has 146 valence electrons. The van der Waals surface area contributed by atoms with Gasteiger partial charge in [0.2, 0.25) is 0 Å². The Hall–Kier alpha value is -3.55. The molecule has 0 amide bonds. The number of aromatic nitrogens is 5. The van der Waals surface area contributed by atoms with Gasteiger partial charge in [0, 0.05) is 23.9 Å². The molecular formula is C21H17F2N5O. The van der Waals surface area contributed by atoms with E-state index >= 15 is 0 Å². The van der Waals surface area contributed by atoms with Gasteiger partial charge in [-0.2, -0.15) is 4.98 Å². The molecule has 0 bridgehead atoms. The van der Waals surface area contributed by atoms with E-state index < -0.39 is 5.82 Å². The molecule has 0 saturated carbocycles. The number of halogens is 2. The summed E-state index contributed by atoms with van der Waals surface area (Å²) in [5.74, 6) is -0.101. The van der Waals surface area contributed by atoms with E-state index in [4.69, 9.17) is 4.42 Å². The Labute approximate surface area is 164 Å². The lowest BCUT2D eigenvalue weighted by Crippen LogP contribution is -2.06. The van der Waals surface area contributed by atoms with Gasteiger partial charge in [-0.3, -0.25) is 4.40 Å². The van der Waals surface area contributed by atoms with Crippen LogP contribution in [0, 0.1) is 17.6 Å². The van der Waals surface area contributed by atoms with Gasteiger partial charge in [-0.15, -0.1) is 5.10 Å². The van der Waals surface area contributed by atoms with Crippen LogP contribution in [0.15, 0.2) is 53.3 Å². The van der Waals surface area contributed by atoms with Crippen LogP contribution in [0.1, 0.15) is 13.8 Å². The number of hydrogen-bond acceptors (Lipinski definition) is 4. The fraction of sp³-hybridized carbons (Fsp3) is 0.190. The Kier molecular flexibility index (Phi) is 3.94. The van der Waals surface area contributed by atoms with Crippen molar-refractivity contribution in [2.45, 2.75) is 20.4 Å². The minimum Gasteiger partial charge on any atom is -0.432 e. The van der Waals surface area contributed by atoms with Crippen LogP contribution in [0.3, 0.4) is 0 Å². The highest BCUT2D eigenvalue weighted by atomic mass is 19.1. The van der Waals surface area contributed by atoms with E-state index in [1.54, 1.807) is 27.4 Å². The minimum absolute atomic E-state index is 0.227. The Morgan fingerprint density at radius 1 is 1.07 bits per heavy atom. The largest absolute Gasteiger partial charge is 0.432 e. The number of rotatable bonds is 4. The summed E-state index contributed by atoms with van der Waals surface area (Å²) in [7, 11) is 0. The van der Waals surface area contributed by atoms with Crippen molar-refractivity contribution < 1.29 is 13.2 Å². The third-order valence-corrected chi connectivity index (χ3v) is 4.77. The minimum atomic E-state index is -0.462. The normalized spacial score (nSPS) is 11.9. The van der Waals surface area contributed by atoms with Gasteiger partial charge in [0.25, 0.3) is 0 Å². The molecule has 0 saturated heterocycles. The van der Waals surface area contributed by atoms with Gasteiger partial charge >= 0.3 is 5.84 Å². The summed E-state index contributed by atoms with van der Waals surface area (Å²) in [6, 6.07) is 9.28. The van der Waals surface area contributed by atoms with Gasteiger partial charge in [0.05, 0.1) is 11.2 Å². The Bertz CT molecular complexity index is 1330. The average molecular weight is 393 g/mol. The molecule has 5 rings (SSSR count). The fourth-order valence-electron chi connectivity index (χ4n) is 3.52. The van der Waals surface area contributed by atoms with E-state index in [2.05, 4.69) is 29.1 Å². The van der Waals surface area contributed by atoms with Crippen molar-refractivity contribution in [1.29, 1.82) is 0 Å². The maximum atomic E-state index is 14.9. The van der Waals surface area contributed by atoms with Crippen LogP contribution in [0.5, 0.6) is 0 Å².